The van der Waals surface area contributed by atoms with E-state index in [1.54, 1.807) is 17.5 Å². The Bertz CT molecular complexity index is 478. The van der Waals surface area contributed by atoms with E-state index in [1.807, 2.05) is 6.07 Å². The van der Waals surface area contributed by atoms with Crippen LogP contribution in [0.15, 0.2) is 25.8 Å². The number of hydrogen-bond donors (Lipinski definition) is 1. The van der Waals surface area contributed by atoms with Crippen molar-refractivity contribution in [2.45, 2.75) is 20.4 Å². The SMILES string of the molecule is CC(C)CNCc1ncc(-c2csc(Br)c2)o1. The van der Waals surface area contributed by atoms with Crippen LogP contribution in [0.3, 0.4) is 0 Å². The predicted octanol–water partition coefficient (Wildman–Crippen LogP) is 3.91. The summed E-state index contributed by atoms with van der Waals surface area (Å²) in [5.74, 6) is 2.20. The van der Waals surface area contributed by atoms with Gasteiger partial charge in [0.1, 0.15) is 0 Å². The zero-order valence-electron chi connectivity index (χ0n) is 9.87. The highest BCUT2D eigenvalue weighted by molar-refractivity contribution is 9.11. The molecule has 2 rings (SSSR count). The second-order valence-electron chi connectivity index (χ2n) is 4.28. The molecule has 0 fully saturated rings. The van der Waals surface area contributed by atoms with Gasteiger partial charge in [0.15, 0.2) is 5.76 Å². The number of rotatable bonds is 5. The van der Waals surface area contributed by atoms with E-state index in [-0.39, 0.29) is 0 Å². The van der Waals surface area contributed by atoms with E-state index >= 15 is 0 Å². The van der Waals surface area contributed by atoms with Crippen LogP contribution in [0.5, 0.6) is 0 Å². The topological polar surface area (TPSA) is 38.1 Å². The van der Waals surface area contributed by atoms with Crippen molar-refractivity contribution >= 4 is 27.3 Å². The maximum Gasteiger partial charge on any atom is 0.208 e. The minimum Gasteiger partial charge on any atom is -0.439 e. The van der Waals surface area contributed by atoms with Crippen molar-refractivity contribution in [3.8, 4) is 11.3 Å². The van der Waals surface area contributed by atoms with Crippen LogP contribution in [-0.4, -0.2) is 11.5 Å². The molecular formula is C12H15BrN2OS. The molecular weight excluding hydrogens is 300 g/mol. The highest BCUT2D eigenvalue weighted by atomic mass is 79.9. The Balaban J connectivity index is 1.96. The van der Waals surface area contributed by atoms with Crippen molar-refractivity contribution in [1.29, 1.82) is 0 Å². The quantitative estimate of drug-likeness (QED) is 0.909. The Morgan fingerprint density at radius 1 is 1.53 bits per heavy atom. The van der Waals surface area contributed by atoms with Gasteiger partial charge in [-0.1, -0.05) is 13.8 Å². The highest BCUT2D eigenvalue weighted by Gasteiger charge is 2.07. The maximum atomic E-state index is 5.68. The van der Waals surface area contributed by atoms with Gasteiger partial charge in [0.25, 0.3) is 0 Å². The number of nitrogens with one attached hydrogen (secondary N) is 1. The molecule has 1 N–H and O–H groups in total. The van der Waals surface area contributed by atoms with E-state index in [2.05, 4.69) is 45.5 Å². The summed E-state index contributed by atoms with van der Waals surface area (Å²) in [6, 6.07) is 2.04. The van der Waals surface area contributed by atoms with Crippen molar-refractivity contribution in [3.63, 3.8) is 0 Å². The standard InChI is InChI=1S/C12H15BrN2OS/c1-8(2)4-14-6-12-15-5-10(16-12)9-3-11(13)17-7-9/h3,5,7-8,14H,4,6H2,1-2H3. The normalized spacial score (nSPS) is 11.3. The Morgan fingerprint density at radius 3 is 3.00 bits per heavy atom. The molecule has 5 heteroatoms. The van der Waals surface area contributed by atoms with Crippen LogP contribution in [0.1, 0.15) is 19.7 Å². The van der Waals surface area contributed by atoms with Gasteiger partial charge in [-0.25, -0.2) is 4.98 Å². The van der Waals surface area contributed by atoms with Gasteiger partial charge in [-0.2, -0.15) is 0 Å². The van der Waals surface area contributed by atoms with Gasteiger partial charge in [-0.05, 0) is 34.5 Å². The van der Waals surface area contributed by atoms with Crippen LogP contribution >= 0.6 is 27.3 Å². The molecule has 2 aromatic heterocycles. The van der Waals surface area contributed by atoms with Gasteiger partial charge in [-0.3, -0.25) is 0 Å². The van der Waals surface area contributed by atoms with E-state index in [4.69, 9.17) is 4.42 Å². The third kappa shape index (κ3) is 3.66. The first kappa shape index (κ1) is 12.8. The lowest BCUT2D eigenvalue weighted by atomic mass is 10.2. The van der Waals surface area contributed by atoms with Crippen LogP contribution < -0.4 is 5.32 Å². The van der Waals surface area contributed by atoms with Gasteiger partial charge in [0.05, 0.1) is 16.5 Å². The summed E-state index contributed by atoms with van der Waals surface area (Å²) in [4.78, 5) is 4.26. The first-order chi connectivity index (χ1) is 8.15. The second-order valence-corrected chi connectivity index (χ2v) is 6.57. The largest absolute Gasteiger partial charge is 0.439 e. The number of halogens is 1. The first-order valence-corrected chi connectivity index (χ1v) is 7.22. The van der Waals surface area contributed by atoms with E-state index in [9.17, 15) is 0 Å². The molecule has 0 aliphatic carbocycles. The van der Waals surface area contributed by atoms with E-state index in [0.717, 1.165) is 27.5 Å². The molecule has 2 heterocycles. The minimum absolute atomic E-state index is 0.636. The van der Waals surface area contributed by atoms with Gasteiger partial charge in [0.2, 0.25) is 5.89 Å². The van der Waals surface area contributed by atoms with Gasteiger partial charge in [-0.15, -0.1) is 11.3 Å². The van der Waals surface area contributed by atoms with Crippen LogP contribution in [0.2, 0.25) is 0 Å². The first-order valence-electron chi connectivity index (χ1n) is 5.55. The molecule has 0 radical (unpaired) electrons. The molecule has 92 valence electrons. The number of aromatic nitrogens is 1. The molecule has 0 aliphatic rings. The number of hydrogen-bond acceptors (Lipinski definition) is 4. The summed E-state index contributed by atoms with van der Waals surface area (Å²) in [7, 11) is 0. The third-order valence-electron chi connectivity index (χ3n) is 2.23. The molecule has 0 spiro atoms. The van der Waals surface area contributed by atoms with Crippen LogP contribution in [0, 0.1) is 5.92 Å². The van der Waals surface area contributed by atoms with Crippen LogP contribution in [0.25, 0.3) is 11.3 Å². The summed E-state index contributed by atoms with van der Waals surface area (Å²) < 4.78 is 6.78. The Labute approximate surface area is 113 Å². The number of thiophene rings is 1. The average molecular weight is 315 g/mol. The molecule has 0 aromatic carbocycles. The third-order valence-corrected chi connectivity index (χ3v) is 3.74. The minimum atomic E-state index is 0.636. The number of nitrogens with zero attached hydrogens (tertiary/aromatic N) is 1. The summed E-state index contributed by atoms with van der Waals surface area (Å²) in [6.45, 7) is 6.01. The fourth-order valence-electron chi connectivity index (χ4n) is 1.43. The fraction of sp³-hybridized carbons (Fsp3) is 0.417. The van der Waals surface area contributed by atoms with E-state index in [0.29, 0.717) is 12.5 Å². The molecule has 0 saturated carbocycles. The van der Waals surface area contributed by atoms with E-state index in [1.165, 1.54) is 0 Å². The highest BCUT2D eigenvalue weighted by Crippen LogP contribution is 2.29. The summed E-state index contributed by atoms with van der Waals surface area (Å²) in [5.41, 5.74) is 1.07. The fourth-order valence-corrected chi connectivity index (χ4v) is 2.58. The summed E-state index contributed by atoms with van der Waals surface area (Å²) >= 11 is 5.08. The van der Waals surface area contributed by atoms with Gasteiger partial charge in [0, 0.05) is 10.9 Å². The Morgan fingerprint density at radius 2 is 2.35 bits per heavy atom. The van der Waals surface area contributed by atoms with Crippen molar-refractivity contribution in [2.24, 2.45) is 5.92 Å². The lowest BCUT2D eigenvalue weighted by Gasteiger charge is -2.04. The molecule has 0 saturated heterocycles. The smallest absolute Gasteiger partial charge is 0.208 e. The van der Waals surface area contributed by atoms with Crippen molar-refractivity contribution in [2.75, 3.05) is 6.54 Å². The second kappa shape index (κ2) is 5.80. The molecule has 0 atom stereocenters. The summed E-state index contributed by atoms with van der Waals surface area (Å²) in [5, 5.41) is 5.36. The maximum absolute atomic E-state index is 5.68. The monoisotopic (exact) mass is 314 g/mol. The predicted molar refractivity (Wildman–Crippen MR) is 74.1 cm³/mol. The molecule has 17 heavy (non-hydrogen) atoms. The Kier molecular flexibility index (Phi) is 4.36. The van der Waals surface area contributed by atoms with Crippen molar-refractivity contribution < 1.29 is 4.42 Å². The average Bonchev–Trinajstić information content (AvgIpc) is 2.86. The Hall–Kier alpha value is -0.650. The molecule has 3 nitrogen and oxygen atoms in total. The lowest BCUT2D eigenvalue weighted by molar-refractivity contribution is 0.459. The molecule has 2 aromatic rings. The number of oxazole rings is 1. The molecule has 0 bridgehead atoms. The lowest BCUT2D eigenvalue weighted by Crippen LogP contribution is -2.18. The summed E-state index contributed by atoms with van der Waals surface area (Å²) in [6.07, 6.45) is 1.78. The zero-order chi connectivity index (χ0) is 12.3. The van der Waals surface area contributed by atoms with Crippen LogP contribution in [-0.2, 0) is 6.54 Å². The zero-order valence-corrected chi connectivity index (χ0v) is 12.3. The van der Waals surface area contributed by atoms with Crippen LogP contribution in [0.4, 0.5) is 0 Å². The van der Waals surface area contributed by atoms with Gasteiger partial charge < -0.3 is 9.73 Å². The molecule has 0 amide bonds. The van der Waals surface area contributed by atoms with E-state index < -0.39 is 0 Å². The molecule has 0 unspecified atom stereocenters. The van der Waals surface area contributed by atoms with Gasteiger partial charge >= 0.3 is 0 Å². The van der Waals surface area contributed by atoms with Crippen molar-refractivity contribution in [3.05, 3.63) is 27.3 Å². The molecule has 0 aliphatic heterocycles. The van der Waals surface area contributed by atoms with Crippen molar-refractivity contribution in [1.82, 2.24) is 10.3 Å².